The van der Waals surface area contributed by atoms with Gasteiger partial charge in [-0.15, -0.1) is 0 Å². The molecule has 1 unspecified atom stereocenters. The van der Waals surface area contributed by atoms with Crippen molar-refractivity contribution in [1.82, 2.24) is 4.90 Å². The van der Waals surface area contributed by atoms with Crippen molar-refractivity contribution < 1.29 is 18.7 Å². The zero-order chi connectivity index (χ0) is 24.7. The van der Waals surface area contributed by atoms with Crippen molar-refractivity contribution >= 4 is 22.8 Å². The SMILES string of the molecule is Cc1ccc(CN2C(=O)c3oc4ccc(C)cc4c(=O)c3C2c2ccc(OCC(N)=O)cc2)cc1. The van der Waals surface area contributed by atoms with E-state index in [0.717, 1.165) is 22.3 Å². The Balaban J connectivity index is 1.63. The van der Waals surface area contributed by atoms with Gasteiger partial charge in [0.05, 0.1) is 17.0 Å². The summed E-state index contributed by atoms with van der Waals surface area (Å²) in [6.07, 6.45) is 0. The molecule has 0 radical (unpaired) electrons. The monoisotopic (exact) mass is 468 g/mol. The van der Waals surface area contributed by atoms with Crippen LogP contribution in [0, 0.1) is 13.8 Å². The second-order valence-electron chi connectivity index (χ2n) is 8.82. The van der Waals surface area contributed by atoms with Crippen molar-refractivity contribution in [1.29, 1.82) is 0 Å². The number of hydrogen-bond donors (Lipinski definition) is 1. The summed E-state index contributed by atoms with van der Waals surface area (Å²) >= 11 is 0. The van der Waals surface area contributed by atoms with Crippen LogP contribution in [0.3, 0.4) is 0 Å². The Labute approximate surface area is 201 Å². The molecule has 1 atom stereocenters. The molecule has 0 saturated heterocycles. The first-order valence-electron chi connectivity index (χ1n) is 11.3. The van der Waals surface area contributed by atoms with E-state index in [-0.39, 0.29) is 23.7 Å². The maximum Gasteiger partial charge on any atom is 0.291 e. The van der Waals surface area contributed by atoms with Crippen molar-refractivity contribution in [3.8, 4) is 5.75 Å². The molecule has 3 aromatic carbocycles. The van der Waals surface area contributed by atoms with Crippen molar-refractivity contribution in [2.75, 3.05) is 6.61 Å². The summed E-state index contributed by atoms with van der Waals surface area (Å²) in [4.78, 5) is 39.9. The van der Waals surface area contributed by atoms with E-state index in [2.05, 4.69) is 0 Å². The molecule has 0 bridgehead atoms. The average molecular weight is 469 g/mol. The van der Waals surface area contributed by atoms with Gasteiger partial charge in [0.1, 0.15) is 11.3 Å². The lowest BCUT2D eigenvalue weighted by Gasteiger charge is -2.25. The highest BCUT2D eigenvalue weighted by Gasteiger charge is 2.42. The van der Waals surface area contributed by atoms with E-state index < -0.39 is 11.9 Å². The number of carbonyl (C=O) groups excluding carboxylic acids is 2. The van der Waals surface area contributed by atoms with E-state index in [0.29, 0.717) is 28.8 Å². The molecule has 35 heavy (non-hydrogen) atoms. The fourth-order valence-electron chi connectivity index (χ4n) is 4.43. The number of benzene rings is 3. The largest absolute Gasteiger partial charge is 0.484 e. The number of ether oxygens (including phenoxy) is 1. The van der Waals surface area contributed by atoms with Crippen molar-refractivity contribution in [2.24, 2.45) is 5.73 Å². The van der Waals surface area contributed by atoms with Gasteiger partial charge in [0.2, 0.25) is 5.76 Å². The topological polar surface area (TPSA) is 103 Å². The minimum absolute atomic E-state index is 0.0671. The number of fused-ring (bicyclic) bond motifs is 2. The Bertz CT molecular complexity index is 1500. The van der Waals surface area contributed by atoms with Gasteiger partial charge >= 0.3 is 0 Å². The van der Waals surface area contributed by atoms with Gasteiger partial charge < -0.3 is 19.8 Å². The Kier molecular flexibility index (Phi) is 5.61. The zero-order valence-electron chi connectivity index (χ0n) is 19.4. The highest BCUT2D eigenvalue weighted by molar-refractivity contribution is 5.99. The van der Waals surface area contributed by atoms with Crippen molar-refractivity contribution in [3.05, 3.63) is 111 Å². The molecule has 0 spiro atoms. The highest BCUT2D eigenvalue weighted by atomic mass is 16.5. The van der Waals surface area contributed by atoms with Crippen LogP contribution in [0.1, 0.15) is 44.4 Å². The van der Waals surface area contributed by atoms with Gasteiger partial charge in [0.25, 0.3) is 11.8 Å². The van der Waals surface area contributed by atoms with Crippen LogP contribution in [0.25, 0.3) is 11.0 Å². The summed E-state index contributed by atoms with van der Waals surface area (Å²) in [5.41, 5.74) is 9.37. The molecule has 0 saturated carbocycles. The molecule has 7 nitrogen and oxygen atoms in total. The summed E-state index contributed by atoms with van der Waals surface area (Å²) in [6, 6.07) is 19.6. The fraction of sp³-hybridized carbons (Fsp3) is 0.179. The number of rotatable bonds is 6. The Morgan fingerprint density at radius 1 is 0.971 bits per heavy atom. The molecular formula is C28H24N2O5. The molecule has 1 aromatic heterocycles. The van der Waals surface area contributed by atoms with E-state index in [1.807, 2.05) is 44.2 Å². The maximum absolute atomic E-state index is 13.7. The van der Waals surface area contributed by atoms with Gasteiger partial charge in [-0.1, -0.05) is 53.6 Å². The molecule has 2 amide bonds. The predicted octanol–water partition coefficient (Wildman–Crippen LogP) is 4.02. The second-order valence-corrected chi connectivity index (χ2v) is 8.82. The third-order valence-corrected chi connectivity index (χ3v) is 6.17. The average Bonchev–Trinajstić information content (AvgIpc) is 3.11. The van der Waals surface area contributed by atoms with E-state index in [9.17, 15) is 14.4 Å². The number of nitrogens with two attached hydrogens (primary N) is 1. The number of carbonyl (C=O) groups is 2. The first-order chi connectivity index (χ1) is 16.8. The summed E-state index contributed by atoms with van der Waals surface area (Å²) in [6.45, 7) is 3.98. The third kappa shape index (κ3) is 4.17. The van der Waals surface area contributed by atoms with Crippen LogP contribution in [-0.4, -0.2) is 23.3 Å². The van der Waals surface area contributed by atoms with E-state index >= 15 is 0 Å². The summed E-state index contributed by atoms with van der Waals surface area (Å²) in [5, 5.41) is 0.445. The Morgan fingerprint density at radius 3 is 2.34 bits per heavy atom. The lowest BCUT2D eigenvalue weighted by molar-refractivity contribution is -0.119. The molecule has 4 aromatic rings. The van der Waals surface area contributed by atoms with E-state index in [1.165, 1.54) is 0 Å². The van der Waals surface area contributed by atoms with Crippen LogP contribution in [0.5, 0.6) is 5.75 Å². The zero-order valence-corrected chi connectivity index (χ0v) is 19.4. The number of primary amides is 1. The first-order valence-corrected chi connectivity index (χ1v) is 11.3. The highest BCUT2D eigenvalue weighted by Crippen LogP contribution is 2.39. The van der Waals surface area contributed by atoms with Gasteiger partial charge in [-0.2, -0.15) is 0 Å². The first kappa shape index (κ1) is 22.4. The van der Waals surface area contributed by atoms with Crippen molar-refractivity contribution in [2.45, 2.75) is 26.4 Å². The van der Waals surface area contributed by atoms with Crippen LogP contribution >= 0.6 is 0 Å². The third-order valence-electron chi connectivity index (χ3n) is 6.17. The Hall–Kier alpha value is -4.39. The minimum Gasteiger partial charge on any atom is -0.484 e. The quantitative estimate of drug-likeness (QED) is 0.460. The molecule has 2 heterocycles. The molecule has 7 heteroatoms. The van der Waals surface area contributed by atoms with Crippen LogP contribution in [0.4, 0.5) is 0 Å². The lowest BCUT2D eigenvalue weighted by Crippen LogP contribution is -2.29. The molecule has 1 aliphatic rings. The second kappa shape index (κ2) is 8.76. The number of amides is 2. The standard InChI is InChI=1S/C28H24N2O5/c1-16-3-6-18(7-4-16)14-30-25(19-8-10-20(11-9-19)34-15-23(29)31)24-26(32)21-13-17(2)5-12-22(21)35-27(24)28(30)33/h3-13,25H,14-15H2,1-2H3,(H2,29,31). The molecular weight excluding hydrogens is 444 g/mol. The molecule has 0 aliphatic carbocycles. The van der Waals surface area contributed by atoms with Crippen LogP contribution < -0.4 is 15.9 Å². The van der Waals surface area contributed by atoms with Gasteiger partial charge in [-0.05, 0) is 49.2 Å². The number of nitrogens with zero attached hydrogens (tertiary/aromatic N) is 1. The van der Waals surface area contributed by atoms with Crippen LogP contribution in [0.2, 0.25) is 0 Å². The summed E-state index contributed by atoms with van der Waals surface area (Å²) in [7, 11) is 0. The van der Waals surface area contributed by atoms with Crippen molar-refractivity contribution in [3.63, 3.8) is 0 Å². The van der Waals surface area contributed by atoms with E-state index in [1.54, 1.807) is 41.3 Å². The van der Waals surface area contributed by atoms with Gasteiger partial charge in [0, 0.05) is 6.54 Å². The molecule has 5 rings (SSSR count). The number of aryl methyl sites for hydroxylation is 2. The molecule has 1 aliphatic heterocycles. The number of hydrogen-bond acceptors (Lipinski definition) is 5. The van der Waals surface area contributed by atoms with Gasteiger partial charge in [0.15, 0.2) is 12.0 Å². The minimum atomic E-state index is -0.634. The summed E-state index contributed by atoms with van der Waals surface area (Å²) in [5.74, 6) is -0.381. The summed E-state index contributed by atoms with van der Waals surface area (Å²) < 4.78 is 11.4. The van der Waals surface area contributed by atoms with Crippen LogP contribution in [-0.2, 0) is 11.3 Å². The molecule has 2 N–H and O–H groups in total. The lowest BCUT2D eigenvalue weighted by atomic mass is 9.97. The predicted molar refractivity (Wildman–Crippen MR) is 131 cm³/mol. The molecule has 0 fully saturated rings. The van der Waals surface area contributed by atoms with E-state index in [4.69, 9.17) is 14.9 Å². The smallest absolute Gasteiger partial charge is 0.291 e. The maximum atomic E-state index is 13.7. The normalized spacial score (nSPS) is 14.9. The fourth-order valence-corrected chi connectivity index (χ4v) is 4.43. The van der Waals surface area contributed by atoms with Gasteiger partial charge in [-0.25, -0.2) is 0 Å². The van der Waals surface area contributed by atoms with Gasteiger partial charge in [-0.3, -0.25) is 14.4 Å². The van der Waals surface area contributed by atoms with Crippen LogP contribution in [0.15, 0.2) is 75.9 Å². The molecule has 176 valence electrons. The Morgan fingerprint density at radius 2 is 1.66 bits per heavy atom.